The first-order chi connectivity index (χ1) is 5.72. The maximum absolute atomic E-state index is 10.8. The molecular formula is C8H8ClNO2. The monoisotopic (exact) mass is 185 g/mol. The highest BCUT2D eigenvalue weighted by molar-refractivity contribution is 6.29. The van der Waals surface area contributed by atoms with Crippen molar-refractivity contribution in [3.05, 3.63) is 24.3 Å². The van der Waals surface area contributed by atoms with E-state index in [9.17, 15) is 4.79 Å². The Morgan fingerprint density at radius 1 is 1.58 bits per heavy atom. The van der Waals surface area contributed by atoms with Gasteiger partial charge in [-0.25, -0.2) is 0 Å². The van der Waals surface area contributed by atoms with Crippen molar-refractivity contribution >= 4 is 23.2 Å². The summed E-state index contributed by atoms with van der Waals surface area (Å²) in [6.45, 7) is 0. The smallest absolute Gasteiger partial charge is 0.239 e. The van der Waals surface area contributed by atoms with E-state index in [1.165, 1.54) is 12.1 Å². The number of carbonyl (C=O) groups is 1. The highest BCUT2D eigenvalue weighted by Crippen LogP contribution is 2.14. The quantitative estimate of drug-likeness (QED) is 0.688. The first-order valence-corrected chi connectivity index (χ1v) is 3.90. The van der Waals surface area contributed by atoms with E-state index in [-0.39, 0.29) is 17.5 Å². The Morgan fingerprint density at radius 3 is 2.92 bits per heavy atom. The molecule has 3 nitrogen and oxygen atoms in total. The minimum atomic E-state index is -0.290. The third-order valence-corrected chi connectivity index (χ3v) is 1.49. The normalized spacial score (nSPS) is 9.42. The molecule has 0 atom stereocenters. The molecule has 0 saturated carbocycles. The average molecular weight is 186 g/mol. The van der Waals surface area contributed by atoms with Crippen LogP contribution >= 0.6 is 11.6 Å². The van der Waals surface area contributed by atoms with Crippen LogP contribution in [0.4, 0.5) is 5.69 Å². The van der Waals surface area contributed by atoms with Crippen molar-refractivity contribution in [2.24, 2.45) is 0 Å². The lowest BCUT2D eigenvalue weighted by Crippen LogP contribution is -2.12. The van der Waals surface area contributed by atoms with Crippen LogP contribution < -0.4 is 5.32 Å². The Kier molecular flexibility index (Phi) is 2.94. The molecule has 0 aliphatic rings. The summed E-state index contributed by atoms with van der Waals surface area (Å²) in [5.74, 6) is -0.264. The Balaban J connectivity index is 2.69. The van der Waals surface area contributed by atoms with Gasteiger partial charge < -0.3 is 10.4 Å². The minimum Gasteiger partial charge on any atom is -0.508 e. The second-order valence-electron chi connectivity index (χ2n) is 2.23. The van der Waals surface area contributed by atoms with Crippen LogP contribution in [0.5, 0.6) is 5.75 Å². The highest BCUT2D eigenvalue weighted by atomic mass is 35.5. The largest absolute Gasteiger partial charge is 0.508 e. The maximum Gasteiger partial charge on any atom is 0.239 e. The molecule has 0 spiro atoms. The van der Waals surface area contributed by atoms with Gasteiger partial charge in [-0.3, -0.25) is 4.79 Å². The fraction of sp³-hybridized carbons (Fsp3) is 0.125. The summed E-state index contributed by atoms with van der Waals surface area (Å²) >= 11 is 5.27. The first kappa shape index (κ1) is 8.87. The third-order valence-electron chi connectivity index (χ3n) is 1.25. The van der Waals surface area contributed by atoms with Gasteiger partial charge in [0.15, 0.2) is 0 Å². The summed E-state index contributed by atoms with van der Waals surface area (Å²) in [6, 6.07) is 6.28. The number of hydrogen-bond acceptors (Lipinski definition) is 2. The van der Waals surface area contributed by atoms with Crippen LogP contribution in [0.2, 0.25) is 0 Å². The lowest BCUT2D eigenvalue weighted by Gasteiger charge is -2.01. The van der Waals surface area contributed by atoms with Crippen LogP contribution in [0.3, 0.4) is 0 Å². The van der Waals surface area contributed by atoms with Gasteiger partial charge in [0.2, 0.25) is 5.91 Å². The van der Waals surface area contributed by atoms with Gasteiger partial charge in [-0.2, -0.15) is 0 Å². The van der Waals surface area contributed by atoms with Crippen LogP contribution in [0.1, 0.15) is 0 Å². The molecule has 0 aromatic heterocycles. The molecule has 0 radical (unpaired) electrons. The van der Waals surface area contributed by atoms with E-state index in [1.807, 2.05) is 0 Å². The van der Waals surface area contributed by atoms with Crippen molar-refractivity contribution in [1.29, 1.82) is 0 Å². The van der Waals surface area contributed by atoms with Crippen LogP contribution in [0.25, 0.3) is 0 Å². The van der Waals surface area contributed by atoms with Crippen molar-refractivity contribution in [2.45, 2.75) is 0 Å². The molecule has 1 rings (SSSR count). The summed E-state index contributed by atoms with van der Waals surface area (Å²) in [6.07, 6.45) is 0. The number of alkyl halides is 1. The summed E-state index contributed by atoms with van der Waals surface area (Å²) in [5, 5.41) is 11.5. The SMILES string of the molecule is O=C(CCl)Nc1cccc(O)c1. The number of rotatable bonds is 2. The number of phenolic OH excluding ortho intramolecular Hbond substituents is 1. The highest BCUT2D eigenvalue weighted by Gasteiger charge is 1.99. The molecule has 0 heterocycles. The topological polar surface area (TPSA) is 49.3 Å². The number of aromatic hydroxyl groups is 1. The van der Waals surface area contributed by atoms with Crippen molar-refractivity contribution in [2.75, 3.05) is 11.2 Å². The number of carbonyl (C=O) groups excluding carboxylic acids is 1. The van der Waals surface area contributed by atoms with Gasteiger partial charge in [0.25, 0.3) is 0 Å². The molecule has 0 saturated heterocycles. The fourth-order valence-corrected chi connectivity index (χ4v) is 0.845. The molecule has 64 valence electrons. The van der Waals surface area contributed by atoms with Gasteiger partial charge in [0.1, 0.15) is 11.6 Å². The number of phenols is 1. The summed E-state index contributed by atoms with van der Waals surface area (Å²) in [7, 11) is 0. The number of amides is 1. The standard InChI is InChI=1S/C8H8ClNO2/c9-5-8(12)10-6-2-1-3-7(11)4-6/h1-4,11H,5H2,(H,10,12). The molecule has 0 unspecified atom stereocenters. The van der Waals surface area contributed by atoms with Crippen LogP contribution in [0.15, 0.2) is 24.3 Å². The molecule has 0 aliphatic heterocycles. The van der Waals surface area contributed by atoms with E-state index in [0.29, 0.717) is 5.69 Å². The minimum absolute atomic E-state index is 0.0876. The van der Waals surface area contributed by atoms with Gasteiger partial charge in [-0.1, -0.05) is 6.07 Å². The lowest BCUT2D eigenvalue weighted by molar-refractivity contribution is -0.113. The molecule has 4 heteroatoms. The molecule has 0 aliphatic carbocycles. The van der Waals surface area contributed by atoms with Crippen LogP contribution in [-0.4, -0.2) is 16.9 Å². The van der Waals surface area contributed by atoms with Crippen molar-refractivity contribution in [3.8, 4) is 5.75 Å². The van der Waals surface area contributed by atoms with Crippen molar-refractivity contribution < 1.29 is 9.90 Å². The zero-order valence-electron chi connectivity index (χ0n) is 6.25. The van der Waals surface area contributed by atoms with E-state index in [4.69, 9.17) is 16.7 Å². The second-order valence-corrected chi connectivity index (χ2v) is 2.50. The fourth-order valence-electron chi connectivity index (χ4n) is 0.778. The summed E-state index contributed by atoms with van der Waals surface area (Å²) in [5.41, 5.74) is 0.542. The third kappa shape index (κ3) is 2.43. The molecule has 12 heavy (non-hydrogen) atoms. The molecule has 1 aromatic carbocycles. The molecule has 1 aromatic rings. The van der Waals surface area contributed by atoms with E-state index in [1.54, 1.807) is 12.1 Å². The summed E-state index contributed by atoms with van der Waals surface area (Å²) < 4.78 is 0. The second kappa shape index (κ2) is 3.97. The molecule has 0 bridgehead atoms. The predicted molar refractivity (Wildman–Crippen MR) is 47.5 cm³/mol. The number of halogens is 1. The lowest BCUT2D eigenvalue weighted by atomic mass is 10.3. The Hall–Kier alpha value is -1.22. The number of nitrogens with one attached hydrogen (secondary N) is 1. The van der Waals surface area contributed by atoms with Gasteiger partial charge in [0.05, 0.1) is 0 Å². The van der Waals surface area contributed by atoms with E-state index in [2.05, 4.69) is 5.32 Å². The van der Waals surface area contributed by atoms with E-state index < -0.39 is 0 Å². The zero-order chi connectivity index (χ0) is 8.97. The van der Waals surface area contributed by atoms with Gasteiger partial charge in [-0.15, -0.1) is 11.6 Å². The van der Waals surface area contributed by atoms with E-state index >= 15 is 0 Å². The average Bonchev–Trinajstić information content (AvgIpc) is 2.04. The molecule has 1 amide bonds. The van der Waals surface area contributed by atoms with Crippen LogP contribution in [0, 0.1) is 0 Å². The zero-order valence-corrected chi connectivity index (χ0v) is 7.01. The summed E-state index contributed by atoms with van der Waals surface area (Å²) in [4.78, 5) is 10.8. The molecule has 0 fully saturated rings. The molecule has 2 N–H and O–H groups in total. The number of anilines is 1. The molecular weight excluding hydrogens is 178 g/mol. The number of benzene rings is 1. The predicted octanol–water partition coefficient (Wildman–Crippen LogP) is 1.57. The number of hydrogen-bond donors (Lipinski definition) is 2. The van der Waals surface area contributed by atoms with Gasteiger partial charge >= 0.3 is 0 Å². The van der Waals surface area contributed by atoms with Gasteiger partial charge in [0, 0.05) is 11.8 Å². The van der Waals surface area contributed by atoms with Crippen LogP contribution in [-0.2, 0) is 4.79 Å². The Labute approximate surface area is 75.0 Å². The Morgan fingerprint density at radius 2 is 2.33 bits per heavy atom. The van der Waals surface area contributed by atoms with Crippen molar-refractivity contribution in [1.82, 2.24) is 0 Å². The van der Waals surface area contributed by atoms with E-state index in [0.717, 1.165) is 0 Å². The Bertz CT molecular complexity index is 288. The van der Waals surface area contributed by atoms with Gasteiger partial charge in [-0.05, 0) is 12.1 Å². The maximum atomic E-state index is 10.8. The first-order valence-electron chi connectivity index (χ1n) is 3.37. The van der Waals surface area contributed by atoms with Crippen molar-refractivity contribution in [3.63, 3.8) is 0 Å².